The van der Waals surface area contributed by atoms with Crippen LogP contribution >= 0.6 is 0 Å². The third-order valence-corrected chi connectivity index (χ3v) is 2.40. The first-order chi connectivity index (χ1) is 7.24. The summed E-state index contributed by atoms with van der Waals surface area (Å²) in [5.41, 5.74) is 0. The van der Waals surface area contributed by atoms with Crippen molar-refractivity contribution >= 4 is 12.0 Å². The van der Waals surface area contributed by atoms with Crippen molar-refractivity contribution < 1.29 is 14.3 Å². The molecular formula is C11H13NO3. The van der Waals surface area contributed by atoms with E-state index in [0.717, 1.165) is 0 Å². The summed E-state index contributed by atoms with van der Waals surface area (Å²) in [6.07, 6.45) is 5.67. The lowest BCUT2D eigenvalue weighted by Crippen LogP contribution is -2.46. The Hall–Kier alpha value is -1.55. The molecule has 0 saturated heterocycles. The molecule has 0 spiro atoms. The topological polar surface area (TPSA) is 62.5 Å². The lowest BCUT2D eigenvalue weighted by atomic mass is 9.89. The van der Waals surface area contributed by atoms with Crippen LogP contribution in [0.15, 0.2) is 28.9 Å². The molecule has 1 aliphatic rings. The summed E-state index contributed by atoms with van der Waals surface area (Å²) < 4.78 is 5.04. The lowest BCUT2D eigenvalue weighted by molar-refractivity contribution is -0.118. The van der Waals surface area contributed by atoms with Gasteiger partial charge in [-0.25, -0.2) is 0 Å². The van der Waals surface area contributed by atoms with Crippen molar-refractivity contribution in [2.45, 2.75) is 25.0 Å². The molecule has 80 valence electrons. The fourth-order valence-corrected chi connectivity index (χ4v) is 1.50. The third kappa shape index (κ3) is 2.70. The number of amides is 1. The van der Waals surface area contributed by atoms with E-state index in [1.54, 1.807) is 24.5 Å². The van der Waals surface area contributed by atoms with Gasteiger partial charge in [-0.15, -0.1) is 0 Å². The first-order valence-electron chi connectivity index (χ1n) is 4.94. The third-order valence-electron chi connectivity index (χ3n) is 2.40. The van der Waals surface area contributed by atoms with E-state index in [1.807, 2.05) is 0 Å². The lowest BCUT2D eigenvalue weighted by Gasteiger charge is -2.31. The summed E-state index contributed by atoms with van der Waals surface area (Å²) in [7, 11) is 0. The van der Waals surface area contributed by atoms with Crippen molar-refractivity contribution in [2.75, 3.05) is 0 Å². The number of carbonyl (C=O) groups is 1. The number of hydrogen-bond donors (Lipinski definition) is 2. The smallest absolute Gasteiger partial charge is 0.244 e. The molecular weight excluding hydrogens is 194 g/mol. The van der Waals surface area contributed by atoms with Crippen LogP contribution in [0.1, 0.15) is 18.6 Å². The molecule has 1 saturated carbocycles. The van der Waals surface area contributed by atoms with Crippen LogP contribution in [0.3, 0.4) is 0 Å². The van der Waals surface area contributed by atoms with E-state index in [1.165, 1.54) is 6.08 Å². The first kappa shape index (κ1) is 9.98. The second-order valence-electron chi connectivity index (χ2n) is 3.68. The minimum absolute atomic E-state index is 0.119. The van der Waals surface area contributed by atoms with Crippen molar-refractivity contribution in [1.82, 2.24) is 5.32 Å². The molecule has 0 aliphatic heterocycles. The molecule has 0 radical (unpaired) electrons. The van der Waals surface area contributed by atoms with Crippen molar-refractivity contribution in [1.29, 1.82) is 0 Å². The molecule has 2 rings (SSSR count). The SMILES string of the molecule is O=C(C=Cc1ccco1)NC1CC(O)C1. The number of rotatable bonds is 3. The Labute approximate surface area is 87.6 Å². The van der Waals surface area contributed by atoms with Crippen LogP contribution in [0.5, 0.6) is 0 Å². The van der Waals surface area contributed by atoms with Crippen LogP contribution in [0, 0.1) is 0 Å². The molecule has 15 heavy (non-hydrogen) atoms. The average molecular weight is 207 g/mol. The summed E-state index contributed by atoms with van der Waals surface area (Å²) in [6, 6.07) is 3.66. The molecule has 2 N–H and O–H groups in total. The van der Waals surface area contributed by atoms with Crippen molar-refractivity contribution in [3.63, 3.8) is 0 Å². The highest BCUT2D eigenvalue weighted by Gasteiger charge is 2.27. The molecule has 0 atom stereocenters. The Bertz CT molecular complexity index is 350. The van der Waals surface area contributed by atoms with Gasteiger partial charge >= 0.3 is 0 Å². The summed E-state index contributed by atoms with van der Waals surface area (Å²) in [5, 5.41) is 11.8. The van der Waals surface area contributed by atoms with Crippen LogP contribution in [-0.4, -0.2) is 23.2 Å². The van der Waals surface area contributed by atoms with Crippen molar-refractivity contribution in [3.8, 4) is 0 Å². The molecule has 0 aromatic carbocycles. The van der Waals surface area contributed by atoms with E-state index in [0.29, 0.717) is 18.6 Å². The number of carbonyl (C=O) groups excluding carboxylic acids is 1. The van der Waals surface area contributed by atoms with E-state index in [-0.39, 0.29) is 18.1 Å². The highest BCUT2D eigenvalue weighted by atomic mass is 16.3. The van der Waals surface area contributed by atoms with E-state index >= 15 is 0 Å². The van der Waals surface area contributed by atoms with Gasteiger partial charge in [0.05, 0.1) is 12.4 Å². The van der Waals surface area contributed by atoms with E-state index in [4.69, 9.17) is 9.52 Å². The Morgan fingerprint density at radius 1 is 1.60 bits per heavy atom. The molecule has 4 nitrogen and oxygen atoms in total. The highest BCUT2D eigenvalue weighted by molar-refractivity contribution is 5.91. The Balaban J connectivity index is 1.77. The maximum absolute atomic E-state index is 11.3. The predicted molar refractivity (Wildman–Crippen MR) is 54.9 cm³/mol. The molecule has 1 aliphatic carbocycles. The molecule has 1 aromatic rings. The molecule has 4 heteroatoms. The highest BCUT2D eigenvalue weighted by Crippen LogP contribution is 2.19. The standard InChI is InChI=1S/C11H13NO3/c13-9-6-8(7-9)12-11(14)4-3-10-2-1-5-15-10/h1-5,8-9,13H,6-7H2,(H,12,14). The van der Waals surface area contributed by atoms with Gasteiger partial charge in [0.1, 0.15) is 5.76 Å². The summed E-state index contributed by atoms with van der Waals surface area (Å²) >= 11 is 0. The number of aliphatic hydroxyl groups excluding tert-OH is 1. The van der Waals surface area contributed by atoms with Crippen LogP contribution in [0.25, 0.3) is 6.08 Å². The van der Waals surface area contributed by atoms with Crippen LogP contribution < -0.4 is 5.32 Å². The van der Waals surface area contributed by atoms with E-state index in [2.05, 4.69) is 5.32 Å². The van der Waals surface area contributed by atoms with Gasteiger partial charge in [0.2, 0.25) is 5.91 Å². The van der Waals surface area contributed by atoms with Crippen molar-refractivity contribution in [3.05, 3.63) is 30.2 Å². The minimum atomic E-state index is -0.246. The minimum Gasteiger partial charge on any atom is -0.465 e. The normalized spacial score (nSPS) is 25.1. The second-order valence-corrected chi connectivity index (χ2v) is 3.68. The first-order valence-corrected chi connectivity index (χ1v) is 4.94. The van der Waals surface area contributed by atoms with Gasteiger partial charge in [0.25, 0.3) is 0 Å². The van der Waals surface area contributed by atoms with Gasteiger partial charge in [-0.05, 0) is 31.1 Å². The second kappa shape index (κ2) is 4.31. The largest absolute Gasteiger partial charge is 0.465 e. The van der Waals surface area contributed by atoms with Gasteiger partial charge in [-0.1, -0.05) is 0 Å². The molecule has 1 aromatic heterocycles. The summed E-state index contributed by atoms with van der Waals surface area (Å²) in [4.78, 5) is 11.3. The zero-order valence-electron chi connectivity index (χ0n) is 8.22. The van der Waals surface area contributed by atoms with E-state index in [9.17, 15) is 4.79 Å². The molecule has 0 bridgehead atoms. The zero-order valence-corrected chi connectivity index (χ0v) is 8.22. The maximum Gasteiger partial charge on any atom is 0.244 e. The van der Waals surface area contributed by atoms with Crippen LogP contribution in [0.4, 0.5) is 0 Å². The van der Waals surface area contributed by atoms with Crippen molar-refractivity contribution in [2.24, 2.45) is 0 Å². The zero-order chi connectivity index (χ0) is 10.7. The van der Waals surface area contributed by atoms with E-state index < -0.39 is 0 Å². The molecule has 1 amide bonds. The van der Waals surface area contributed by atoms with Gasteiger partial charge in [-0.3, -0.25) is 4.79 Å². The summed E-state index contributed by atoms with van der Waals surface area (Å²) in [6.45, 7) is 0. The quantitative estimate of drug-likeness (QED) is 0.725. The number of furan rings is 1. The monoisotopic (exact) mass is 207 g/mol. The van der Waals surface area contributed by atoms with Gasteiger partial charge in [0.15, 0.2) is 0 Å². The Kier molecular flexibility index (Phi) is 2.87. The number of aliphatic hydroxyl groups is 1. The molecule has 1 heterocycles. The van der Waals surface area contributed by atoms with Crippen LogP contribution in [0.2, 0.25) is 0 Å². The average Bonchev–Trinajstić information content (AvgIpc) is 2.65. The Morgan fingerprint density at radius 3 is 3.00 bits per heavy atom. The van der Waals surface area contributed by atoms with Gasteiger partial charge in [-0.2, -0.15) is 0 Å². The number of hydrogen-bond acceptors (Lipinski definition) is 3. The predicted octanol–water partition coefficient (Wildman–Crippen LogP) is 0.932. The molecule has 1 fully saturated rings. The number of nitrogens with one attached hydrogen (secondary N) is 1. The maximum atomic E-state index is 11.3. The van der Waals surface area contributed by atoms with Gasteiger partial charge in [0, 0.05) is 12.1 Å². The fourth-order valence-electron chi connectivity index (χ4n) is 1.50. The van der Waals surface area contributed by atoms with Gasteiger partial charge < -0.3 is 14.8 Å². The molecule has 0 unspecified atom stereocenters. The van der Waals surface area contributed by atoms with Crippen LogP contribution in [-0.2, 0) is 4.79 Å². The Morgan fingerprint density at radius 2 is 2.40 bits per heavy atom. The fraction of sp³-hybridized carbons (Fsp3) is 0.364. The summed E-state index contributed by atoms with van der Waals surface area (Å²) in [5.74, 6) is 0.502.